The maximum Gasteiger partial charge on any atom is 0.289 e. The van der Waals surface area contributed by atoms with Gasteiger partial charge in [0.2, 0.25) is 0 Å². The Bertz CT molecular complexity index is 713. The molecule has 3 heterocycles. The highest BCUT2D eigenvalue weighted by atomic mass is 16.3. The lowest BCUT2D eigenvalue weighted by atomic mass is 9.79. The van der Waals surface area contributed by atoms with Crippen LogP contribution in [0.15, 0.2) is 53.1 Å². The van der Waals surface area contributed by atoms with Crippen LogP contribution < -0.4 is 0 Å². The summed E-state index contributed by atoms with van der Waals surface area (Å²) in [4.78, 5) is 19.5. The zero-order valence-electron chi connectivity index (χ0n) is 15.4. The summed E-state index contributed by atoms with van der Waals surface area (Å²) in [5, 5.41) is 0. The summed E-state index contributed by atoms with van der Waals surface area (Å²) >= 11 is 0. The van der Waals surface area contributed by atoms with E-state index in [1.165, 1.54) is 5.56 Å². The molecule has 0 radical (unpaired) electrons. The van der Waals surface area contributed by atoms with E-state index in [1.54, 1.807) is 18.4 Å². The molecule has 0 N–H and O–H groups in total. The molecule has 0 unspecified atom stereocenters. The predicted molar refractivity (Wildman–Crippen MR) is 101 cm³/mol. The number of hydrogen-bond acceptors (Lipinski definition) is 4. The minimum atomic E-state index is 0.00629. The fraction of sp³-hybridized carbons (Fsp3) is 0.476. The Morgan fingerprint density at radius 2 is 1.62 bits per heavy atom. The first-order chi connectivity index (χ1) is 12.7. The lowest BCUT2D eigenvalue weighted by molar-refractivity contribution is -0.00815. The van der Waals surface area contributed by atoms with Crippen LogP contribution in [0.25, 0.3) is 0 Å². The predicted octanol–water partition coefficient (Wildman–Crippen LogP) is 2.66. The lowest BCUT2D eigenvalue weighted by Gasteiger charge is -2.51. The van der Waals surface area contributed by atoms with Gasteiger partial charge in [-0.05, 0) is 50.7 Å². The number of benzene rings is 1. The molecule has 2 aliphatic heterocycles. The van der Waals surface area contributed by atoms with Crippen molar-refractivity contribution in [3.05, 3.63) is 60.1 Å². The highest BCUT2D eigenvalue weighted by Crippen LogP contribution is 2.39. The quantitative estimate of drug-likeness (QED) is 0.851. The van der Waals surface area contributed by atoms with Crippen molar-refractivity contribution in [1.29, 1.82) is 0 Å². The van der Waals surface area contributed by atoms with Gasteiger partial charge in [-0.1, -0.05) is 30.3 Å². The number of amides is 1. The molecule has 1 aromatic heterocycles. The van der Waals surface area contributed by atoms with E-state index in [4.69, 9.17) is 4.42 Å². The first-order valence-electron chi connectivity index (χ1n) is 9.51. The van der Waals surface area contributed by atoms with E-state index < -0.39 is 0 Å². The molecule has 1 aromatic carbocycles. The summed E-state index contributed by atoms with van der Waals surface area (Å²) < 4.78 is 5.28. The minimum absolute atomic E-state index is 0.00629. The molecule has 0 atom stereocenters. The van der Waals surface area contributed by atoms with E-state index in [0.717, 1.165) is 52.1 Å². The Labute approximate surface area is 155 Å². The van der Waals surface area contributed by atoms with Crippen LogP contribution in [0.1, 0.15) is 29.0 Å². The minimum Gasteiger partial charge on any atom is -0.459 e. The van der Waals surface area contributed by atoms with Gasteiger partial charge in [-0.15, -0.1) is 0 Å². The molecule has 0 aliphatic carbocycles. The number of piperazine rings is 1. The molecule has 2 fully saturated rings. The SMILES string of the molecule is CN1CCC(c2ccccc2)(N2CCN(C(=O)c3ccco3)CC2)CC1. The van der Waals surface area contributed by atoms with Crippen LogP contribution in [0.5, 0.6) is 0 Å². The number of furan rings is 1. The number of carbonyl (C=O) groups is 1. The number of carbonyl (C=O) groups excluding carboxylic acids is 1. The average molecular weight is 353 g/mol. The molecule has 4 rings (SSSR count). The third-order valence-electron chi connectivity index (χ3n) is 6.03. The largest absolute Gasteiger partial charge is 0.459 e. The van der Waals surface area contributed by atoms with Crippen molar-refractivity contribution in [1.82, 2.24) is 14.7 Å². The number of hydrogen-bond donors (Lipinski definition) is 0. The molecule has 2 saturated heterocycles. The molecule has 2 aromatic rings. The summed E-state index contributed by atoms with van der Waals surface area (Å²) in [5.74, 6) is 0.447. The summed E-state index contributed by atoms with van der Waals surface area (Å²) in [6.07, 6.45) is 3.84. The topological polar surface area (TPSA) is 39.9 Å². The van der Waals surface area contributed by atoms with E-state index in [-0.39, 0.29) is 11.4 Å². The van der Waals surface area contributed by atoms with E-state index in [0.29, 0.717) is 5.76 Å². The summed E-state index contributed by atoms with van der Waals surface area (Å²) in [5.41, 5.74) is 1.51. The van der Waals surface area contributed by atoms with Crippen LogP contribution in [-0.4, -0.2) is 66.9 Å². The molecule has 5 nitrogen and oxygen atoms in total. The Morgan fingerprint density at radius 3 is 2.23 bits per heavy atom. The van der Waals surface area contributed by atoms with Crippen LogP contribution >= 0.6 is 0 Å². The van der Waals surface area contributed by atoms with Crippen LogP contribution in [-0.2, 0) is 5.54 Å². The Kier molecular flexibility index (Phi) is 4.83. The normalized spacial score (nSPS) is 21.7. The van der Waals surface area contributed by atoms with Gasteiger partial charge in [0.15, 0.2) is 5.76 Å². The van der Waals surface area contributed by atoms with Gasteiger partial charge in [0.1, 0.15) is 0 Å². The molecule has 1 amide bonds. The summed E-state index contributed by atoms with van der Waals surface area (Å²) in [6.45, 7) is 5.55. The molecule has 5 heteroatoms. The van der Waals surface area contributed by atoms with Gasteiger partial charge in [-0.25, -0.2) is 0 Å². The van der Waals surface area contributed by atoms with Gasteiger partial charge in [-0.3, -0.25) is 9.69 Å². The molecule has 0 spiro atoms. The Hall–Kier alpha value is -2.11. The van der Waals surface area contributed by atoms with Gasteiger partial charge in [0.05, 0.1) is 6.26 Å². The number of likely N-dealkylation sites (tertiary alicyclic amines) is 1. The van der Waals surface area contributed by atoms with Gasteiger partial charge in [0.25, 0.3) is 5.91 Å². The summed E-state index contributed by atoms with van der Waals surface area (Å²) in [7, 11) is 2.20. The molecular formula is C21H27N3O2. The molecule has 0 bridgehead atoms. The third-order valence-corrected chi connectivity index (χ3v) is 6.03. The number of rotatable bonds is 3. The maximum absolute atomic E-state index is 12.5. The second-order valence-electron chi connectivity index (χ2n) is 7.46. The number of piperidine rings is 1. The van der Waals surface area contributed by atoms with Crippen molar-refractivity contribution in [2.24, 2.45) is 0 Å². The van der Waals surface area contributed by atoms with Crippen LogP contribution in [0.4, 0.5) is 0 Å². The van der Waals surface area contributed by atoms with E-state index in [9.17, 15) is 4.79 Å². The zero-order chi connectivity index (χ0) is 18.0. The molecule has 138 valence electrons. The zero-order valence-corrected chi connectivity index (χ0v) is 15.4. The van der Waals surface area contributed by atoms with Gasteiger partial charge in [0, 0.05) is 31.7 Å². The van der Waals surface area contributed by atoms with Crippen molar-refractivity contribution >= 4 is 5.91 Å². The second-order valence-corrected chi connectivity index (χ2v) is 7.46. The van der Waals surface area contributed by atoms with Crippen LogP contribution in [0.2, 0.25) is 0 Å². The standard InChI is InChI=1S/C21H27N3O2/c1-22-11-9-21(10-12-22,18-6-3-2-4-7-18)24-15-13-23(14-16-24)20(25)19-8-5-17-26-19/h2-8,17H,9-16H2,1H3. The summed E-state index contributed by atoms with van der Waals surface area (Å²) in [6, 6.07) is 14.4. The lowest BCUT2D eigenvalue weighted by Crippen LogP contribution is -2.59. The smallest absolute Gasteiger partial charge is 0.289 e. The highest BCUT2D eigenvalue weighted by molar-refractivity contribution is 5.91. The fourth-order valence-electron chi connectivity index (χ4n) is 4.42. The first kappa shape index (κ1) is 17.3. The van der Waals surface area contributed by atoms with Crippen LogP contribution in [0, 0.1) is 0 Å². The third kappa shape index (κ3) is 3.17. The molecule has 26 heavy (non-hydrogen) atoms. The Morgan fingerprint density at radius 1 is 0.923 bits per heavy atom. The highest BCUT2D eigenvalue weighted by Gasteiger charge is 2.42. The second kappa shape index (κ2) is 7.25. The first-order valence-corrected chi connectivity index (χ1v) is 9.51. The van der Waals surface area contributed by atoms with Crippen molar-refractivity contribution in [2.45, 2.75) is 18.4 Å². The maximum atomic E-state index is 12.5. The van der Waals surface area contributed by atoms with Gasteiger partial charge in [-0.2, -0.15) is 0 Å². The van der Waals surface area contributed by atoms with Crippen LogP contribution in [0.3, 0.4) is 0 Å². The Balaban J connectivity index is 1.51. The van der Waals surface area contributed by atoms with E-state index in [2.05, 4.69) is 47.2 Å². The molecular weight excluding hydrogens is 326 g/mol. The van der Waals surface area contributed by atoms with Crippen molar-refractivity contribution in [3.8, 4) is 0 Å². The fourth-order valence-corrected chi connectivity index (χ4v) is 4.42. The average Bonchev–Trinajstić information content (AvgIpc) is 3.24. The van der Waals surface area contributed by atoms with E-state index >= 15 is 0 Å². The molecule has 0 saturated carbocycles. The van der Waals surface area contributed by atoms with Gasteiger partial charge < -0.3 is 14.2 Å². The van der Waals surface area contributed by atoms with Crippen molar-refractivity contribution in [2.75, 3.05) is 46.3 Å². The van der Waals surface area contributed by atoms with E-state index in [1.807, 2.05) is 4.90 Å². The monoisotopic (exact) mass is 353 g/mol. The van der Waals surface area contributed by atoms with Crippen molar-refractivity contribution < 1.29 is 9.21 Å². The number of nitrogens with zero attached hydrogens (tertiary/aromatic N) is 3. The van der Waals surface area contributed by atoms with Gasteiger partial charge >= 0.3 is 0 Å². The van der Waals surface area contributed by atoms with Crippen molar-refractivity contribution in [3.63, 3.8) is 0 Å². The molecule has 2 aliphatic rings.